The molecular formula is C10H13N3O3. The molecule has 1 unspecified atom stereocenters. The minimum atomic E-state index is -0.223. The molecule has 0 amide bonds. The quantitative estimate of drug-likeness (QED) is 0.567. The first-order valence-corrected chi connectivity index (χ1v) is 5.06. The van der Waals surface area contributed by atoms with Crippen LogP contribution < -0.4 is 5.32 Å². The number of ether oxygens (including phenoxy) is 2. The Balaban J connectivity index is 1.88. The molecular weight excluding hydrogens is 210 g/mol. The molecule has 0 bridgehead atoms. The van der Waals surface area contributed by atoms with E-state index in [1.54, 1.807) is 0 Å². The van der Waals surface area contributed by atoms with Crippen molar-refractivity contribution < 1.29 is 14.0 Å². The van der Waals surface area contributed by atoms with Crippen LogP contribution in [-0.2, 0) is 16.0 Å². The standard InChI is InChI=1S/C10H13N3O3/c1-2-3-11-6-9-12-10(13-16-9)8-7-14-4-5-15-8/h1,8,11H,3-7H2. The summed E-state index contributed by atoms with van der Waals surface area (Å²) in [4.78, 5) is 4.19. The summed E-state index contributed by atoms with van der Waals surface area (Å²) in [5, 5.41) is 6.80. The minimum absolute atomic E-state index is 0.223. The van der Waals surface area contributed by atoms with Gasteiger partial charge in [-0.05, 0) is 0 Å². The smallest absolute Gasteiger partial charge is 0.240 e. The van der Waals surface area contributed by atoms with Gasteiger partial charge in [-0.1, -0.05) is 11.1 Å². The van der Waals surface area contributed by atoms with Gasteiger partial charge in [-0.2, -0.15) is 4.98 Å². The highest BCUT2D eigenvalue weighted by atomic mass is 16.6. The molecule has 0 aromatic carbocycles. The normalized spacial score (nSPS) is 20.6. The summed E-state index contributed by atoms with van der Waals surface area (Å²) in [6, 6.07) is 0. The van der Waals surface area contributed by atoms with Crippen LogP contribution in [0.4, 0.5) is 0 Å². The second-order valence-electron chi connectivity index (χ2n) is 3.29. The summed E-state index contributed by atoms with van der Waals surface area (Å²) < 4.78 is 15.7. The lowest BCUT2D eigenvalue weighted by atomic mass is 10.3. The van der Waals surface area contributed by atoms with Crippen LogP contribution in [-0.4, -0.2) is 36.5 Å². The first-order chi connectivity index (χ1) is 7.90. The van der Waals surface area contributed by atoms with Crippen molar-refractivity contribution in [3.63, 3.8) is 0 Å². The zero-order chi connectivity index (χ0) is 11.2. The van der Waals surface area contributed by atoms with Crippen molar-refractivity contribution in [1.82, 2.24) is 15.5 Å². The van der Waals surface area contributed by atoms with Crippen LogP contribution >= 0.6 is 0 Å². The van der Waals surface area contributed by atoms with Crippen molar-refractivity contribution in [3.8, 4) is 12.3 Å². The molecule has 1 aromatic rings. The molecule has 16 heavy (non-hydrogen) atoms. The fraction of sp³-hybridized carbons (Fsp3) is 0.600. The van der Waals surface area contributed by atoms with Gasteiger partial charge in [0.2, 0.25) is 11.7 Å². The van der Waals surface area contributed by atoms with E-state index in [4.69, 9.17) is 20.4 Å². The Morgan fingerprint density at radius 1 is 1.50 bits per heavy atom. The second kappa shape index (κ2) is 5.61. The van der Waals surface area contributed by atoms with Crippen molar-refractivity contribution in [2.45, 2.75) is 12.6 Å². The predicted molar refractivity (Wildman–Crippen MR) is 54.3 cm³/mol. The predicted octanol–water partition coefficient (Wildman–Crippen LogP) is -0.120. The van der Waals surface area contributed by atoms with E-state index in [1.807, 2.05) is 0 Å². The number of terminal acetylenes is 1. The van der Waals surface area contributed by atoms with Crippen LogP contribution in [0.25, 0.3) is 0 Å². The lowest BCUT2D eigenvalue weighted by Gasteiger charge is -2.19. The van der Waals surface area contributed by atoms with Gasteiger partial charge in [0.15, 0.2) is 0 Å². The molecule has 1 aromatic heterocycles. The molecule has 2 rings (SSSR count). The van der Waals surface area contributed by atoms with Gasteiger partial charge in [-0.25, -0.2) is 0 Å². The summed E-state index contributed by atoms with van der Waals surface area (Å²) >= 11 is 0. The maximum absolute atomic E-state index is 5.44. The van der Waals surface area contributed by atoms with Gasteiger partial charge in [0.1, 0.15) is 6.10 Å². The van der Waals surface area contributed by atoms with Gasteiger partial charge in [0, 0.05) is 0 Å². The topological polar surface area (TPSA) is 69.4 Å². The Morgan fingerprint density at radius 2 is 2.44 bits per heavy atom. The molecule has 1 aliphatic heterocycles. The van der Waals surface area contributed by atoms with E-state index in [0.29, 0.717) is 44.6 Å². The van der Waals surface area contributed by atoms with Crippen LogP contribution in [0.15, 0.2) is 4.52 Å². The third-order valence-corrected chi connectivity index (χ3v) is 2.09. The van der Waals surface area contributed by atoms with E-state index < -0.39 is 0 Å². The van der Waals surface area contributed by atoms with Gasteiger partial charge >= 0.3 is 0 Å². The first kappa shape index (κ1) is 11.1. The fourth-order valence-corrected chi connectivity index (χ4v) is 1.35. The third kappa shape index (κ3) is 2.79. The van der Waals surface area contributed by atoms with E-state index in [2.05, 4.69) is 21.4 Å². The Morgan fingerprint density at radius 3 is 3.19 bits per heavy atom. The fourth-order valence-electron chi connectivity index (χ4n) is 1.35. The largest absolute Gasteiger partial charge is 0.376 e. The maximum atomic E-state index is 5.44. The summed E-state index contributed by atoms with van der Waals surface area (Å²) in [5.41, 5.74) is 0. The zero-order valence-corrected chi connectivity index (χ0v) is 8.81. The Kier molecular flexibility index (Phi) is 3.88. The molecule has 1 fully saturated rings. The minimum Gasteiger partial charge on any atom is -0.376 e. The number of aromatic nitrogens is 2. The molecule has 0 spiro atoms. The van der Waals surface area contributed by atoms with Gasteiger partial charge in [-0.15, -0.1) is 6.42 Å². The van der Waals surface area contributed by atoms with E-state index in [0.717, 1.165) is 0 Å². The van der Waals surface area contributed by atoms with Gasteiger partial charge in [-0.3, -0.25) is 5.32 Å². The average Bonchev–Trinajstić information content (AvgIpc) is 2.79. The van der Waals surface area contributed by atoms with Gasteiger partial charge < -0.3 is 14.0 Å². The molecule has 0 radical (unpaired) electrons. The third-order valence-electron chi connectivity index (χ3n) is 2.09. The van der Waals surface area contributed by atoms with Crippen LogP contribution in [0.1, 0.15) is 17.8 Å². The highest BCUT2D eigenvalue weighted by Gasteiger charge is 2.21. The number of nitrogens with zero attached hydrogens (tertiary/aromatic N) is 2. The second-order valence-corrected chi connectivity index (χ2v) is 3.29. The van der Waals surface area contributed by atoms with Crippen molar-refractivity contribution in [2.75, 3.05) is 26.4 Å². The number of nitrogens with one attached hydrogen (secondary N) is 1. The van der Waals surface area contributed by atoms with Crippen molar-refractivity contribution in [3.05, 3.63) is 11.7 Å². The van der Waals surface area contributed by atoms with Gasteiger partial charge in [0.05, 0.1) is 32.9 Å². The molecule has 0 saturated carbocycles. The van der Waals surface area contributed by atoms with Crippen LogP contribution in [0.2, 0.25) is 0 Å². The molecule has 1 N–H and O–H groups in total. The molecule has 2 heterocycles. The summed E-state index contributed by atoms with van der Waals surface area (Å²) in [7, 11) is 0. The Hall–Kier alpha value is -1.42. The highest BCUT2D eigenvalue weighted by Crippen LogP contribution is 2.17. The number of hydrogen-bond donors (Lipinski definition) is 1. The molecule has 6 nitrogen and oxygen atoms in total. The molecule has 1 atom stereocenters. The SMILES string of the molecule is C#CCNCc1nc(C2COCCO2)no1. The van der Waals surface area contributed by atoms with Crippen molar-refractivity contribution in [1.29, 1.82) is 0 Å². The average molecular weight is 223 g/mol. The zero-order valence-electron chi connectivity index (χ0n) is 8.81. The molecule has 1 aliphatic rings. The summed E-state index contributed by atoms with van der Waals surface area (Å²) in [6.07, 6.45) is 4.88. The maximum Gasteiger partial charge on any atom is 0.240 e. The molecule has 6 heteroatoms. The van der Waals surface area contributed by atoms with E-state index >= 15 is 0 Å². The van der Waals surface area contributed by atoms with E-state index in [-0.39, 0.29) is 6.10 Å². The highest BCUT2D eigenvalue weighted by molar-refractivity contribution is 4.93. The van der Waals surface area contributed by atoms with Crippen molar-refractivity contribution in [2.24, 2.45) is 0 Å². The Bertz CT molecular complexity index is 366. The van der Waals surface area contributed by atoms with Crippen LogP contribution in [0, 0.1) is 12.3 Å². The van der Waals surface area contributed by atoms with Gasteiger partial charge in [0.25, 0.3) is 0 Å². The van der Waals surface area contributed by atoms with Crippen LogP contribution in [0.5, 0.6) is 0 Å². The van der Waals surface area contributed by atoms with Crippen LogP contribution in [0.3, 0.4) is 0 Å². The number of rotatable bonds is 4. The molecule has 86 valence electrons. The lowest BCUT2D eigenvalue weighted by Crippen LogP contribution is -2.22. The lowest BCUT2D eigenvalue weighted by molar-refractivity contribution is -0.0941. The monoisotopic (exact) mass is 223 g/mol. The first-order valence-electron chi connectivity index (χ1n) is 5.06. The van der Waals surface area contributed by atoms with E-state index in [1.165, 1.54) is 0 Å². The molecule has 1 saturated heterocycles. The van der Waals surface area contributed by atoms with E-state index in [9.17, 15) is 0 Å². The summed E-state index contributed by atoms with van der Waals surface area (Å²) in [6.45, 7) is 2.58. The number of hydrogen-bond acceptors (Lipinski definition) is 6. The molecule has 0 aliphatic carbocycles. The van der Waals surface area contributed by atoms with Crippen molar-refractivity contribution >= 4 is 0 Å². The Labute approximate surface area is 93.3 Å². The summed E-state index contributed by atoms with van der Waals surface area (Å²) in [5.74, 6) is 3.49.